The molecule has 6 heteroatoms. The van der Waals surface area contributed by atoms with Crippen LogP contribution >= 0.6 is 0 Å². The van der Waals surface area contributed by atoms with E-state index in [-0.39, 0.29) is 12.1 Å². The third-order valence-electron chi connectivity index (χ3n) is 0.959. The van der Waals surface area contributed by atoms with E-state index in [4.69, 9.17) is 10.2 Å². The van der Waals surface area contributed by atoms with Crippen molar-refractivity contribution < 1.29 is 15.1 Å². The molecule has 0 radical (unpaired) electrons. The maximum Gasteiger partial charge on any atom is 0.257 e. The minimum atomic E-state index is -1.62. The quantitative estimate of drug-likeness (QED) is 0.227. The molecule has 0 aliphatic rings. The van der Waals surface area contributed by atoms with Gasteiger partial charge in [-0.25, -0.2) is 0 Å². The number of nitrogens with zero attached hydrogens (tertiary/aromatic N) is 1. The smallest absolute Gasteiger partial charge is 0.257 e. The molecule has 0 rings (SSSR count). The van der Waals surface area contributed by atoms with Crippen molar-refractivity contribution in [1.82, 2.24) is 0 Å². The van der Waals surface area contributed by atoms with Crippen LogP contribution in [0, 0.1) is 10.1 Å². The van der Waals surface area contributed by atoms with Crippen LogP contribution in [0.2, 0.25) is 0 Å². The minimum absolute atomic E-state index is 0.123. The molecule has 0 bridgehead atoms. The predicted molar refractivity (Wildman–Crippen MR) is 36.5 cm³/mol. The maximum absolute atomic E-state index is 10.0. The van der Waals surface area contributed by atoms with Gasteiger partial charge in [0.25, 0.3) is 16.3 Å². The van der Waals surface area contributed by atoms with E-state index >= 15 is 0 Å². The first-order valence-corrected chi connectivity index (χ1v) is 3.89. The zero-order chi connectivity index (χ0) is 8.15. The Kier molecular flexibility index (Phi) is 4.23. The highest BCUT2D eigenvalue weighted by atomic mass is 27.0. The van der Waals surface area contributed by atoms with Crippen molar-refractivity contribution in [3.05, 3.63) is 20.7 Å². The van der Waals surface area contributed by atoms with Crippen molar-refractivity contribution in [2.24, 2.45) is 0 Å². The Hall–Kier alpha value is -0.408. The molecule has 0 fully saturated rings. The molecule has 0 aliphatic heterocycles. The summed E-state index contributed by atoms with van der Waals surface area (Å²) in [6.45, 7) is 0. The minimum Gasteiger partial charge on any atom is -0.368 e. The lowest BCUT2D eigenvalue weighted by Crippen LogP contribution is -2.10. The number of nitro groups is 1. The zero-order valence-electron chi connectivity index (χ0n) is 5.52. The summed E-state index contributed by atoms with van der Waals surface area (Å²) < 4.78 is 0. The second-order valence-electron chi connectivity index (χ2n) is 1.72. The molecule has 5 nitrogen and oxygen atoms in total. The Morgan fingerprint density at radius 1 is 1.80 bits per heavy atom. The van der Waals surface area contributed by atoms with Crippen LogP contribution in [0.1, 0.15) is 6.42 Å². The fourth-order valence-corrected chi connectivity index (χ4v) is 0.931. The number of hydrogen-bond donors (Lipinski definition) is 2. The SMILES string of the molecule is O=[N+]([O-])/C(=[CH]\[AlH2])CC(O)O. The second kappa shape index (κ2) is 4.41. The molecule has 0 spiro atoms. The molecular weight excluding hydrogens is 153 g/mol. The molecule has 0 aliphatic carbocycles. The third-order valence-corrected chi connectivity index (χ3v) is 1.63. The molecule has 0 amide bonds. The van der Waals surface area contributed by atoms with Gasteiger partial charge in [-0.1, -0.05) is 4.94 Å². The van der Waals surface area contributed by atoms with Crippen LogP contribution in [0.4, 0.5) is 0 Å². The Bertz CT molecular complexity index is 155. The van der Waals surface area contributed by atoms with Crippen molar-refractivity contribution in [3.63, 3.8) is 0 Å². The Balaban J connectivity index is 3.99. The van der Waals surface area contributed by atoms with Gasteiger partial charge in [0.2, 0.25) is 5.70 Å². The standard InChI is InChI=1S/C4H6NO4.Al.2H/c1-3(5(8)9)2-4(6)7;;;/h1,4,6-7H,2H2;;;. The van der Waals surface area contributed by atoms with Gasteiger partial charge in [-0.2, -0.15) is 0 Å². The first kappa shape index (κ1) is 9.59. The van der Waals surface area contributed by atoms with E-state index in [0.29, 0.717) is 16.3 Å². The van der Waals surface area contributed by atoms with Crippen molar-refractivity contribution in [2.45, 2.75) is 12.7 Å². The molecule has 0 aromatic heterocycles. The van der Waals surface area contributed by atoms with Crippen LogP contribution in [0.15, 0.2) is 10.6 Å². The lowest BCUT2D eigenvalue weighted by Gasteiger charge is -1.99. The van der Waals surface area contributed by atoms with Crippen molar-refractivity contribution in [1.29, 1.82) is 0 Å². The molecule has 0 aromatic rings. The van der Waals surface area contributed by atoms with E-state index in [1.165, 1.54) is 4.94 Å². The highest BCUT2D eigenvalue weighted by Gasteiger charge is 2.11. The summed E-state index contributed by atoms with van der Waals surface area (Å²) in [5.41, 5.74) is -0.123. The monoisotopic (exact) mass is 161 g/mol. The van der Waals surface area contributed by atoms with Crippen LogP contribution in [0.25, 0.3) is 0 Å². The van der Waals surface area contributed by atoms with Crippen LogP contribution in [0.3, 0.4) is 0 Å². The fraction of sp³-hybridized carbons (Fsp3) is 0.500. The lowest BCUT2D eigenvalue weighted by molar-refractivity contribution is -0.430. The van der Waals surface area contributed by atoms with Gasteiger partial charge in [0.1, 0.15) is 0 Å². The number of rotatable bonds is 3. The second-order valence-corrected chi connectivity index (χ2v) is 2.30. The van der Waals surface area contributed by atoms with E-state index in [0.717, 1.165) is 0 Å². The summed E-state index contributed by atoms with van der Waals surface area (Å²) in [6.07, 6.45) is -1.91. The summed E-state index contributed by atoms with van der Waals surface area (Å²) in [5.74, 6) is 0. The molecule has 0 unspecified atom stereocenters. The molecular formula is C4H8AlNO4. The van der Waals surface area contributed by atoms with Gasteiger partial charge in [-0.3, -0.25) is 10.1 Å². The molecule has 0 saturated heterocycles. The summed E-state index contributed by atoms with van der Waals surface area (Å²) >= 11 is 0.550. The van der Waals surface area contributed by atoms with Gasteiger partial charge >= 0.3 is 0 Å². The van der Waals surface area contributed by atoms with Crippen LogP contribution in [-0.2, 0) is 0 Å². The largest absolute Gasteiger partial charge is 0.368 e. The molecule has 56 valence electrons. The van der Waals surface area contributed by atoms with E-state index in [1.807, 2.05) is 0 Å². The van der Waals surface area contributed by atoms with Crippen molar-refractivity contribution in [2.75, 3.05) is 0 Å². The molecule has 0 aromatic carbocycles. The fourth-order valence-electron chi connectivity index (χ4n) is 0.485. The molecule has 2 N–H and O–H groups in total. The first-order valence-electron chi connectivity index (χ1n) is 2.73. The number of aliphatic hydroxyl groups excluding tert-OH is 1. The third kappa shape index (κ3) is 3.59. The highest BCUT2D eigenvalue weighted by molar-refractivity contribution is 6.17. The van der Waals surface area contributed by atoms with E-state index in [1.54, 1.807) is 0 Å². The van der Waals surface area contributed by atoms with Gasteiger partial charge in [-0.05, 0) is 0 Å². The highest BCUT2D eigenvalue weighted by Crippen LogP contribution is 2.02. The van der Waals surface area contributed by atoms with E-state index in [9.17, 15) is 10.1 Å². The summed E-state index contributed by atoms with van der Waals surface area (Å²) in [6, 6.07) is 0. The Morgan fingerprint density at radius 2 is 2.30 bits per heavy atom. The van der Waals surface area contributed by atoms with Crippen molar-refractivity contribution in [3.8, 4) is 0 Å². The summed E-state index contributed by atoms with van der Waals surface area (Å²) in [7, 11) is 0. The number of aliphatic hydroxyl groups is 2. The molecule has 10 heavy (non-hydrogen) atoms. The topological polar surface area (TPSA) is 83.6 Å². The summed E-state index contributed by atoms with van der Waals surface area (Å²) in [5, 5.41) is 26.7. The van der Waals surface area contributed by atoms with Crippen LogP contribution in [0.5, 0.6) is 0 Å². The van der Waals surface area contributed by atoms with Gasteiger partial charge < -0.3 is 10.2 Å². The van der Waals surface area contributed by atoms with E-state index in [2.05, 4.69) is 0 Å². The molecule has 0 heterocycles. The van der Waals surface area contributed by atoms with Gasteiger partial charge in [0.05, 0.1) is 11.3 Å². The predicted octanol–water partition coefficient (Wildman–Crippen LogP) is -1.56. The van der Waals surface area contributed by atoms with Gasteiger partial charge in [0, 0.05) is 0 Å². The van der Waals surface area contributed by atoms with Gasteiger partial charge in [0.15, 0.2) is 6.29 Å². The van der Waals surface area contributed by atoms with Crippen LogP contribution in [-0.4, -0.2) is 37.7 Å². The first-order chi connectivity index (χ1) is 4.57. The molecule has 0 atom stereocenters. The zero-order valence-corrected chi connectivity index (χ0v) is 7.52. The Morgan fingerprint density at radius 3 is 2.40 bits per heavy atom. The summed E-state index contributed by atoms with van der Waals surface area (Å²) in [4.78, 5) is 10.8. The average Bonchev–Trinajstić information content (AvgIpc) is 1.81. The van der Waals surface area contributed by atoms with Crippen LogP contribution < -0.4 is 0 Å². The van der Waals surface area contributed by atoms with Gasteiger partial charge in [-0.15, -0.1) is 0 Å². The van der Waals surface area contributed by atoms with Crippen molar-refractivity contribution >= 4 is 16.3 Å². The Labute approximate surface area is 65.5 Å². The number of hydrogen-bond acceptors (Lipinski definition) is 4. The maximum atomic E-state index is 10.0. The molecule has 0 saturated carbocycles. The average molecular weight is 161 g/mol. The van der Waals surface area contributed by atoms with E-state index < -0.39 is 11.2 Å². The lowest BCUT2D eigenvalue weighted by atomic mass is 10.3. The normalized spacial score (nSPS) is 12.1.